The van der Waals surface area contributed by atoms with Crippen LogP contribution in [0.15, 0.2) is 0 Å². The molecule has 0 radical (unpaired) electrons. The van der Waals surface area contributed by atoms with Gasteiger partial charge in [-0.2, -0.15) is 0 Å². The lowest BCUT2D eigenvalue weighted by atomic mass is 9.82. The van der Waals surface area contributed by atoms with Crippen molar-refractivity contribution >= 4 is 18.4 Å². The van der Waals surface area contributed by atoms with Gasteiger partial charge < -0.3 is 15.5 Å². The molecule has 0 spiro atoms. The summed E-state index contributed by atoms with van der Waals surface area (Å²) in [6.45, 7) is 0. The van der Waals surface area contributed by atoms with Gasteiger partial charge in [-0.15, -0.1) is 12.4 Å². The lowest BCUT2D eigenvalue weighted by molar-refractivity contribution is -0.139. The Bertz CT molecular complexity index is 224. The van der Waals surface area contributed by atoms with Gasteiger partial charge in [0.25, 0.3) is 0 Å². The molecule has 4 nitrogen and oxygen atoms in total. The van der Waals surface area contributed by atoms with Crippen molar-refractivity contribution in [3.05, 3.63) is 0 Å². The molecule has 82 valence electrons. The molecule has 0 unspecified atom stereocenters. The van der Waals surface area contributed by atoms with Crippen LogP contribution in [-0.4, -0.2) is 34.4 Å². The fourth-order valence-electron chi connectivity index (χ4n) is 2.54. The highest BCUT2D eigenvalue weighted by atomic mass is 35.5. The number of hydrogen-bond donors (Lipinski definition) is 3. The number of aliphatic hydroxyl groups excluding tert-OH is 1. The highest BCUT2D eigenvalue weighted by Gasteiger charge is 2.42. The van der Waals surface area contributed by atoms with E-state index in [1.807, 2.05) is 0 Å². The Morgan fingerprint density at radius 3 is 2.64 bits per heavy atom. The molecule has 14 heavy (non-hydrogen) atoms. The molecule has 1 aliphatic heterocycles. The lowest BCUT2D eigenvalue weighted by Gasteiger charge is -2.29. The average molecular weight is 222 g/mol. The van der Waals surface area contributed by atoms with E-state index in [1.54, 1.807) is 0 Å². The quantitative estimate of drug-likeness (QED) is 0.599. The van der Waals surface area contributed by atoms with E-state index in [0.29, 0.717) is 6.42 Å². The number of aliphatic hydroxyl groups is 1. The minimum atomic E-state index is -0.790. The third-order valence-corrected chi connectivity index (χ3v) is 3.25. The summed E-state index contributed by atoms with van der Waals surface area (Å²) in [4.78, 5) is 10.7. The van der Waals surface area contributed by atoms with E-state index in [2.05, 4.69) is 5.32 Å². The Morgan fingerprint density at radius 2 is 2.07 bits per heavy atom. The van der Waals surface area contributed by atoms with Crippen LogP contribution in [0.1, 0.15) is 25.7 Å². The van der Waals surface area contributed by atoms with Crippen LogP contribution in [0.4, 0.5) is 0 Å². The van der Waals surface area contributed by atoms with Gasteiger partial charge in [0.2, 0.25) is 0 Å². The van der Waals surface area contributed by atoms with Crippen molar-refractivity contribution in [3.8, 4) is 0 Å². The predicted molar refractivity (Wildman–Crippen MR) is 53.6 cm³/mol. The predicted octanol–water partition coefficient (Wildman–Crippen LogP) is 0.384. The van der Waals surface area contributed by atoms with Gasteiger partial charge in [-0.25, -0.2) is 0 Å². The number of carboxylic acid groups (broad SMARTS) is 1. The van der Waals surface area contributed by atoms with Crippen molar-refractivity contribution in [2.75, 3.05) is 0 Å². The summed E-state index contributed by atoms with van der Waals surface area (Å²) >= 11 is 0. The highest BCUT2D eigenvalue weighted by molar-refractivity contribution is 5.85. The van der Waals surface area contributed by atoms with Crippen molar-refractivity contribution in [1.82, 2.24) is 5.32 Å². The molecule has 5 heteroatoms. The minimum Gasteiger partial charge on any atom is -0.480 e. The van der Waals surface area contributed by atoms with Gasteiger partial charge in [0, 0.05) is 12.0 Å². The second kappa shape index (κ2) is 4.47. The molecule has 0 aromatic heterocycles. The van der Waals surface area contributed by atoms with E-state index in [9.17, 15) is 9.90 Å². The number of fused-ring (bicyclic) bond motifs is 1. The van der Waals surface area contributed by atoms with E-state index >= 15 is 0 Å². The molecule has 0 amide bonds. The SMILES string of the molecule is Cl.O=C(O)[C@@H]1C[C@H]2[C@@H](O)CCC[C@H]2N1. The second-order valence-electron chi connectivity index (χ2n) is 4.06. The Hall–Kier alpha value is -0.320. The zero-order valence-corrected chi connectivity index (χ0v) is 8.67. The number of halogens is 1. The first kappa shape index (κ1) is 11.8. The summed E-state index contributed by atoms with van der Waals surface area (Å²) in [5, 5.41) is 21.5. The first-order chi connectivity index (χ1) is 6.18. The van der Waals surface area contributed by atoms with E-state index in [0.717, 1.165) is 19.3 Å². The summed E-state index contributed by atoms with van der Waals surface area (Å²) in [5.41, 5.74) is 0. The van der Waals surface area contributed by atoms with Crippen LogP contribution in [0.3, 0.4) is 0 Å². The van der Waals surface area contributed by atoms with Crippen molar-refractivity contribution < 1.29 is 15.0 Å². The van der Waals surface area contributed by atoms with E-state index in [4.69, 9.17) is 5.11 Å². The molecule has 1 saturated carbocycles. The van der Waals surface area contributed by atoms with Crippen molar-refractivity contribution in [3.63, 3.8) is 0 Å². The summed E-state index contributed by atoms with van der Waals surface area (Å²) < 4.78 is 0. The molecule has 2 fully saturated rings. The number of rotatable bonds is 1. The highest BCUT2D eigenvalue weighted by Crippen LogP contribution is 2.33. The van der Waals surface area contributed by atoms with Gasteiger partial charge in [-0.05, 0) is 25.7 Å². The third kappa shape index (κ3) is 2.02. The zero-order chi connectivity index (χ0) is 9.42. The van der Waals surface area contributed by atoms with Crippen LogP contribution in [0.2, 0.25) is 0 Å². The minimum absolute atomic E-state index is 0. The van der Waals surface area contributed by atoms with Crippen LogP contribution in [0.5, 0.6) is 0 Å². The Kier molecular flexibility index (Phi) is 3.75. The molecule has 2 rings (SSSR count). The maximum Gasteiger partial charge on any atom is 0.320 e. The topological polar surface area (TPSA) is 69.6 Å². The van der Waals surface area contributed by atoms with Gasteiger partial charge >= 0.3 is 5.97 Å². The molecule has 0 aromatic rings. The summed E-state index contributed by atoms with van der Waals surface area (Å²) in [6.07, 6.45) is 3.12. The van der Waals surface area contributed by atoms with Crippen molar-refractivity contribution in [2.24, 2.45) is 5.92 Å². The number of carboxylic acids is 1. The zero-order valence-electron chi connectivity index (χ0n) is 7.85. The fraction of sp³-hybridized carbons (Fsp3) is 0.889. The van der Waals surface area contributed by atoms with Gasteiger partial charge in [-0.3, -0.25) is 4.79 Å². The van der Waals surface area contributed by atoms with Crippen LogP contribution in [0, 0.1) is 5.92 Å². The smallest absolute Gasteiger partial charge is 0.320 e. The maximum absolute atomic E-state index is 10.7. The van der Waals surface area contributed by atoms with Crippen LogP contribution in [0.25, 0.3) is 0 Å². The Morgan fingerprint density at radius 1 is 1.36 bits per heavy atom. The molecular formula is C9H16ClNO3. The molecular weight excluding hydrogens is 206 g/mol. The maximum atomic E-state index is 10.7. The number of carbonyl (C=O) groups is 1. The summed E-state index contributed by atoms with van der Waals surface area (Å²) in [7, 11) is 0. The molecule has 1 aliphatic carbocycles. The van der Waals surface area contributed by atoms with Crippen LogP contribution in [-0.2, 0) is 4.79 Å². The number of hydrogen-bond acceptors (Lipinski definition) is 3. The van der Waals surface area contributed by atoms with E-state index in [-0.39, 0.29) is 30.5 Å². The third-order valence-electron chi connectivity index (χ3n) is 3.25. The van der Waals surface area contributed by atoms with Gasteiger partial charge in [0.05, 0.1) is 6.10 Å². The van der Waals surface area contributed by atoms with E-state index in [1.165, 1.54) is 0 Å². The molecule has 0 aromatic carbocycles. The van der Waals surface area contributed by atoms with Crippen molar-refractivity contribution in [2.45, 2.75) is 43.9 Å². The monoisotopic (exact) mass is 221 g/mol. The van der Waals surface area contributed by atoms with Crippen LogP contribution < -0.4 is 5.32 Å². The van der Waals surface area contributed by atoms with Gasteiger partial charge in [0.15, 0.2) is 0 Å². The molecule has 3 N–H and O–H groups in total. The summed E-state index contributed by atoms with van der Waals surface area (Å²) in [6, 6.07) is -0.215. The molecule has 1 saturated heterocycles. The fourth-order valence-corrected chi connectivity index (χ4v) is 2.54. The molecule has 4 atom stereocenters. The average Bonchev–Trinajstić information content (AvgIpc) is 2.49. The first-order valence-electron chi connectivity index (χ1n) is 4.85. The van der Waals surface area contributed by atoms with E-state index < -0.39 is 12.0 Å². The number of nitrogens with one attached hydrogen (secondary N) is 1. The van der Waals surface area contributed by atoms with Crippen molar-refractivity contribution in [1.29, 1.82) is 0 Å². The first-order valence-corrected chi connectivity index (χ1v) is 4.85. The molecule has 1 heterocycles. The van der Waals surface area contributed by atoms with Crippen LogP contribution >= 0.6 is 12.4 Å². The summed E-state index contributed by atoms with van der Waals surface area (Å²) in [5.74, 6) is -0.628. The largest absolute Gasteiger partial charge is 0.480 e. The van der Waals surface area contributed by atoms with Gasteiger partial charge in [-0.1, -0.05) is 0 Å². The normalized spacial score (nSPS) is 41.2. The molecule has 2 aliphatic rings. The lowest BCUT2D eigenvalue weighted by Crippen LogP contribution is -2.40. The Balaban J connectivity index is 0.000000980. The Labute approximate surface area is 89.1 Å². The number of aliphatic carboxylic acids is 1. The second-order valence-corrected chi connectivity index (χ2v) is 4.06. The van der Waals surface area contributed by atoms with Gasteiger partial charge in [0.1, 0.15) is 6.04 Å². The molecule has 0 bridgehead atoms. The standard InChI is InChI=1S/C9H15NO3.ClH/c11-8-3-1-2-6-5(8)4-7(10-6)9(12)13;/h5-8,10-11H,1-4H2,(H,12,13);1H/t5-,6-,7+,8+;/m1./s1.